The molecular formula is C11H10N4O2. The molecule has 0 spiro atoms. The lowest BCUT2D eigenvalue weighted by atomic mass is 10.1. The van der Waals surface area contributed by atoms with Crippen LogP contribution in [0.4, 0.5) is 5.69 Å². The van der Waals surface area contributed by atoms with Gasteiger partial charge in [-0.1, -0.05) is 5.16 Å². The monoisotopic (exact) mass is 230 g/mol. The Balaban J connectivity index is 1.99. The van der Waals surface area contributed by atoms with E-state index in [0.717, 1.165) is 16.8 Å². The lowest BCUT2D eigenvalue weighted by molar-refractivity contribution is -0.115. The number of fused-ring (bicyclic) bond motifs is 1. The summed E-state index contributed by atoms with van der Waals surface area (Å²) < 4.78 is 4.94. The normalized spacial score (nSPS) is 13.6. The number of nitrogens with two attached hydrogens (primary N) is 1. The summed E-state index contributed by atoms with van der Waals surface area (Å²) in [6.07, 6.45) is 0.394. The standard InChI is InChI=1S/C11H10N4O2/c12-5-10-14-11(15-17-10)6-1-2-8-7(3-6)4-9(16)13-8/h1-3H,4-5,12H2,(H,13,16). The Hall–Kier alpha value is -2.21. The highest BCUT2D eigenvalue weighted by Gasteiger charge is 2.18. The van der Waals surface area contributed by atoms with Crippen LogP contribution in [-0.4, -0.2) is 16.0 Å². The molecule has 0 bridgehead atoms. The van der Waals surface area contributed by atoms with Gasteiger partial charge in [-0.05, 0) is 23.8 Å². The second-order valence-corrected chi connectivity index (χ2v) is 3.81. The number of amides is 1. The van der Waals surface area contributed by atoms with E-state index in [1.54, 1.807) is 0 Å². The summed E-state index contributed by atoms with van der Waals surface area (Å²) in [5, 5.41) is 6.60. The summed E-state index contributed by atoms with van der Waals surface area (Å²) in [7, 11) is 0. The van der Waals surface area contributed by atoms with Crippen molar-refractivity contribution in [1.29, 1.82) is 0 Å². The van der Waals surface area contributed by atoms with Crippen LogP contribution in [0.2, 0.25) is 0 Å². The highest BCUT2D eigenvalue weighted by molar-refractivity contribution is 5.99. The van der Waals surface area contributed by atoms with Gasteiger partial charge in [-0.15, -0.1) is 0 Å². The molecule has 0 unspecified atom stereocenters. The summed E-state index contributed by atoms with van der Waals surface area (Å²) in [5.74, 6) is 0.898. The number of nitrogens with one attached hydrogen (secondary N) is 1. The first kappa shape index (κ1) is 9.98. The number of aromatic nitrogens is 2. The van der Waals surface area contributed by atoms with Gasteiger partial charge in [0, 0.05) is 11.3 Å². The minimum atomic E-state index is 0.00732. The quantitative estimate of drug-likeness (QED) is 0.791. The second kappa shape index (κ2) is 3.67. The topological polar surface area (TPSA) is 94.0 Å². The molecule has 3 rings (SSSR count). The van der Waals surface area contributed by atoms with Crippen LogP contribution in [0.1, 0.15) is 11.5 Å². The fraction of sp³-hybridized carbons (Fsp3) is 0.182. The van der Waals surface area contributed by atoms with Gasteiger partial charge in [-0.2, -0.15) is 4.98 Å². The summed E-state index contributed by atoms with van der Waals surface area (Å²) in [6.45, 7) is 0.220. The highest BCUT2D eigenvalue weighted by atomic mass is 16.5. The third kappa shape index (κ3) is 1.68. The van der Waals surface area contributed by atoms with Crippen molar-refractivity contribution in [2.24, 2.45) is 5.73 Å². The number of carbonyl (C=O) groups is 1. The van der Waals surface area contributed by atoms with Crippen LogP contribution in [0.5, 0.6) is 0 Å². The molecule has 0 fully saturated rings. The van der Waals surface area contributed by atoms with Crippen molar-refractivity contribution < 1.29 is 9.32 Å². The third-order valence-corrected chi connectivity index (χ3v) is 2.63. The second-order valence-electron chi connectivity index (χ2n) is 3.81. The van der Waals surface area contributed by atoms with Gasteiger partial charge in [0.1, 0.15) is 0 Å². The summed E-state index contributed by atoms with van der Waals surface area (Å²) >= 11 is 0. The zero-order valence-corrected chi connectivity index (χ0v) is 8.93. The Kier molecular flexibility index (Phi) is 2.15. The fourth-order valence-corrected chi connectivity index (χ4v) is 1.82. The number of anilines is 1. The predicted molar refractivity (Wildman–Crippen MR) is 60.0 cm³/mol. The molecule has 0 saturated carbocycles. The minimum absolute atomic E-state index is 0.00732. The molecule has 2 aromatic rings. The molecule has 0 atom stereocenters. The van der Waals surface area contributed by atoms with Gasteiger partial charge < -0.3 is 15.6 Å². The van der Waals surface area contributed by atoms with Crippen molar-refractivity contribution in [2.75, 3.05) is 5.32 Å². The third-order valence-electron chi connectivity index (χ3n) is 2.63. The number of benzene rings is 1. The summed E-state index contributed by atoms with van der Waals surface area (Å²) in [5.41, 5.74) is 8.02. The first-order valence-corrected chi connectivity index (χ1v) is 5.22. The molecule has 3 N–H and O–H groups in total. The van der Waals surface area contributed by atoms with Crippen LogP contribution in [0.25, 0.3) is 11.4 Å². The molecule has 1 aliphatic heterocycles. The van der Waals surface area contributed by atoms with E-state index >= 15 is 0 Å². The number of hydrogen-bond donors (Lipinski definition) is 2. The van der Waals surface area contributed by atoms with E-state index in [2.05, 4.69) is 15.5 Å². The van der Waals surface area contributed by atoms with Crippen molar-refractivity contribution in [3.8, 4) is 11.4 Å². The number of carbonyl (C=O) groups excluding carboxylic acids is 1. The van der Waals surface area contributed by atoms with Gasteiger partial charge in [0.25, 0.3) is 0 Å². The molecule has 1 aliphatic rings. The van der Waals surface area contributed by atoms with E-state index in [4.69, 9.17) is 10.3 Å². The van der Waals surface area contributed by atoms with Crippen LogP contribution < -0.4 is 11.1 Å². The fourth-order valence-electron chi connectivity index (χ4n) is 1.82. The molecule has 1 aromatic heterocycles. The maximum Gasteiger partial charge on any atom is 0.240 e. The smallest absolute Gasteiger partial charge is 0.240 e. The van der Waals surface area contributed by atoms with Crippen LogP contribution in [0.15, 0.2) is 22.7 Å². The summed E-state index contributed by atoms with van der Waals surface area (Å²) in [4.78, 5) is 15.4. The Morgan fingerprint density at radius 2 is 2.35 bits per heavy atom. The highest BCUT2D eigenvalue weighted by Crippen LogP contribution is 2.27. The van der Waals surface area contributed by atoms with Crippen molar-refractivity contribution in [1.82, 2.24) is 10.1 Å². The average molecular weight is 230 g/mol. The largest absolute Gasteiger partial charge is 0.338 e. The van der Waals surface area contributed by atoms with E-state index in [1.165, 1.54) is 0 Å². The molecule has 6 nitrogen and oxygen atoms in total. The number of hydrogen-bond acceptors (Lipinski definition) is 5. The van der Waals surface area contributed by atoms with Crippen molar-refractivity contribution >= 4 is 11.6 Å². The van der Waals surface area contributed by atoms with Crippen LogP contribution >= 0.6 is 0 Å². The molecule has 86 valence electrons. The lowest BCUT2D eigenvalue weighted by Gasteiger charge is -1.99. The molecule has 6 heteroatoms. The summed E-state index contributed by atoms with van der Waals surface area (Å²) in [6, 6.07) is 5.57. The molecular weight excluding hydrogens is 220 g/mol. The van der Waals surface area contributed by atoms with Crippen LogP contribution in [0.3, 0.4) is 0 Å². The van der Waals surface area contributed by atoms with Gasteiger partial charge in [0.15, 0.2) is 0 Å². The molecule has 0 radical (unpaired) electrons. The van der Waals surface area contributed by atoms with E-state index in [-0.39, 0.29) is 12.5 Å². The Morgan fingerprint density at radius 3 is 3.12 bits per heavy atom. The van der Waals surface area contributed by atoms with E-state index in [9.17, 15) is 4.79 Å². The molecule has 2 heterocycles. The zero-order chi connectivity index (χ0) is 11.8. The first-order valence-electron chi connectivity index (χ1n) is 5.22. The van der Waals surface area contributed by atoms with Gasteiger partial charge >= 0.3 is 0 Å². The van der Waals surface area contributed by atoms with Crippen molar-refractivity contribution in [3.05, 3.63) is 29.7 Å². The van der Waals surface area contributed by atoms with Gasteiger partial charge in [0.05, 0.1) is 13.0 Å². The molecule has 0 saturated heterocycles. The van der Waals surface area contributed by atoms with Gasteiger partial charge in [0.2, 0.25) is 17.6 Å². The SMILES string of the molecule is NCc1nc(-c2ccc3c(c2)CC(=O)N3)no1. The Labute approximate surface area is 96.8 Å². The minimum Gasteiger partial charge on any atom is -0.338 e. The van der Waals surface area contributed by atoms with E-state index < -0.39 is 0 Å². The van der Waals surface area contributed by atoms with Crippen LogP contribution in [0, 0.1) is 0 Å². The number of rotatable bonds is 2. The van der Waals surface area contributed by atoms with Crippen molar-refractivity contribution in [3.63, 3.8) is 0 Å². The molecule has 1 aromatic carbocycles. The molecule has 0 aliphatic carbocycles. The lowest BCUT2D eigenvalue weighted by Crippen LogP contribution is -2.03. The average Bonchev–Trinajstić information content (AvgIpc) is 2.92. The van der Waals surface area contributed by atoms with Gasteiger partial charge in [-0.25, -0.2) is 0 Å². The van der Waals surface area contributed by atoms with E-state index in [0.29, 0.717) is 18.1 Å². The first-order chi connectivity index (χ1) is 8.26. The predicted octanol–water partition coefficient (Wildman–Crippen LogP) is 0.690. The molecule has 1 amide bonds. The maximum atomic E-state index is 11.2. The van der Waals surface area contributed by atoms with E-state index in [1.807, 2.05) is 18.2 Å². The molecule has 17 heavy (non-hydrogen) atoms. The van der Waals surface area contributed by atoms with Crippen LogP contribution in [-0.2, 0) is 17.8 Å². The Morgan fingerprint density at radius 1 is 1.47 bits per heavy atom. The maximum absolute atomic E-state index is 11.2. The van der Waals surface area contributed by atoms with Gasteiger partial charge in [-0.3, -0.25) is 4.79 Å². The number of nitrogens with zero attached hydrogens (tertiary/aromatic N) is 2. The van der Waals surface area contributed by atoms with Crippen molar-refractivity contribution in [2.45, 2.75) is 13.0 Å². The zero-order valence-electron chi connectivity index (χ0n) is 8.93. The Bertz CT molecular complexity index is 591.